The first-order valence-electron chi connectivity index (χ1n) is 9.86. The molecule has 4 rings (SSSR count). The molecule has 2 fully saturated rings. The van der Waals surface area contributed by atoms with E-state index in [-0.39, 0.29) is 17.9 Å². The molecular formula is C22H24FN3O3. The number of aryl methyl sites for hydroxylation is 1. The van der Waals surface area contributed by atoms with Crippen LogP contribution in [0.5, 0.6) is 0 Å². The van der Waals surface area contributed by atoms with E-state index in [1.54, 1.807) is 29.2 Å². The summed E-state index contributed by atoms with van der Waals surface area (Å²) in [6, 6.07) is 10.9. The molecule has 3 atom stereocenters. The van der Waals surface area contributed by atoms with Gasteiger partial charge >= 0.3 is 0 Å². The number of nitrogens with one attached hydrogen (secondary N) is 1. The fourth-order valence-corrected chi connectivity index (χ4v) is 4.63. The fraction of sp³-hybridized carbons (Fsp3) is 0.409. The first-order valence-corrected chi connectivity index (χ1v) is 9.86. The average Bonchev–Trinajstić information content (AvgIpc) is 2.96. The second-order valence-corrected chi connectivity index (χ2v) is 8.10. The predicted molar refractivity (Wildman–Crippen MR) is 106 cm³/mol. The lowest BCUT2D eigenvalue weighted by molar-refractivity contribution is -0.130. The van der Waals surface area contributed by atoms with E-state index in [4.69, 9.17) is 0 Å². The molecule has 2 aromatic rings. The van der Waals surface area contributed by atoms with Crippen molar-refractivity contribution in [3.63, 3.8) is 0 Å². The van der Waals surface area contributed by atoms with Gasteiger partial charge in [-0.25, -0.2) is 9.37 Å². The molecule has 152 valence electrons. The number of hydrogen-bond acceptors (Lipinski definition) is 4. The minimum atomic E-state index is -0.748. The highest BCUT2D eigenvalue weighted by Crippen LogP contribution is 2.46. The summed E-state index contributed by atoms with van der Waals surface area (Å²) in [4.78, 5) is 31.7. The van der Waals surface area contributed by atoms with Crippen molar-refractivity contribution in [1.29, 1.82) is 0 Å². The Morgan fingerprint density at radius 2 is 2.07 bits per heavy atom. The zero-order valence-electron chi connectivity index (χ0n) is 16.3. The summed E-state index contributed by atoms with van der Waals surface area (Å²) in [5.41, 5.74) is 0.839. The fourth-order valence-electron chi connectivity index (χ4n) is 4.63. The monoisotopic (exact) mass is 397 g/mol. The molecule has 1 aliphatic carbocycles. The van der Waals surface area contributed by atoms with E-state index in [1.807, 2.05) is 13.0 Å². The second kappa shape index (κ2) is 7.55. The number of carbonyl (C=O) groups is 2. The number of carbonyl (C=O) groups excluding carboxylic acids is 2. The number of pyridine rings is 1. The van der Waals surface area contributed by atoms with E-state index in [1.165, 1.54) is 12.1 Å². The number of hydrogen-bond donors (Lipinski definition) is 2. The third kappa shape index (κ3) is 3.87. The molecule has 1 spiro atoms. The standard InChI is InChI=1S/C22H24FN3O3/c1-14-4-2-7-19(24-14)20(28)25-16-11-18(27)13-22(12-16)8-9-26(21(22)29)17-6-3-5-15(23)10-17/h2-7,10,16,18,27H,8-9,11-13H2,1H3,(H,25,28). The lowest BCUT2D eigenvalue weighted by Crippen LogP contribution is -2.50. The number of aliphatic hydroxyl groups is 1. The number of nitrogens with zero attached hydrogens (tertiary/aromatic N) is 2. The van der Waals surface area contributed by atoms with Crippen LogP contribution in [0.3, 0.4) is 0 Å². The Kier molecular flexibility index (Phi) is 5.08. The Morgan fingerprint density at radius 1 is 1.28 bits per heavy atom. The van der Waals surface area contributed by atoms with Crippen molar-refractivity contribution in [2.45, 2.75) is 44.8 Å². The maximum atomic E-state index is 13.6. The highest BCUT2D eigenvalue weighted by Gasteiger charge is 2.52. The molecule has 0 bridgehead atoms. The van der Waals surface area contributed by atoms with E-state index in [0.717, 1.165) is 5.69 Å². The van der Waals surface area contributed by atoms with Crippen LogP contribution in [0.2, 0.25) is 0 Å². The third-order valence-corrected chi connectivity index (χ3v) is 5.91. The van der Waals surface area contributed by atoms with Crippen LogP contribution in [0.4, 0.5) is 10.1 Å². The average molecular weight is 397 g/mol. The van der Waals surface area contributed by atoms with Gasteiger partial charge in [-0.15, -0.1) is 0 Å². The predicted octanol–water partition coefficient (Wildman–Crippen LogP) is 2.60. The molecule has 6 nitrogen and oxygen atoms in total. The first kappa shape index (κ1) is 19.5. The van der Waals surface area contributed by atoms with Crippen LogP contribution < -0.4 is 10.2 Å². The number of aromatic nitrogens is 1. The van der Waals surface area contributed by atoms with Crippen molar-refractivity contribution in [1.82, 2.24) is 10.3 Å². The van der Waals surface area contributed by atoms with Gasteiger partial charge < -0.3 is 15.3 Å². The lowest BCUT2D eigenvalue weighted by Gasteiger charge is -2.39. The van der Waals surface area contributed by atoms with Gasteiger partial charge in [0.05, 0.1) is 11.5 Å². The van der Waals surface area contributed by atoms with Crippen LogP contribution in [-0.4, -0.2) is 40.6 Å². The van der Waals surface area contributed by atoms with Crippen LogP contribution >= 0.6 is 0 Å². The molecule has 2 N–H and O–H groups in total. The van der Waals surface area contributed by atoms with E-state index in [0.29, 0.717) is 43.6 Å². The molecule has 0 radical (unpaired) electrons. The van der Waals surface area contributed by atoms with Gasteiger partial charge in [0.15, 0.2) is 0 Å². The van der Waals surface area contributed by atoms with E-state index < -0.39 is 17.3 Å². The van der Waals surface area contributed by atoms with Crippen LogP contribution in [0.15, 0.2) is 42.5 Å². The zero-order valence-corrected chi connectivity index (χ0v) is 16.3. The Bertz CT molecular complexity index is 950. The van der Waals surface area contributed by atoms with Gasteiger partial charge in [0.25, 0.3) is 5.91 Å². The second-order valence-electron chi connectivity index (χ2n) is 8.10. The Morgan fingerprint density at radius 3 is 2.83 bits per heavy atom. The summed E-state index contributed by atoms with van der Waals surface area (Å²) >= 11 is 0. The van der Waals surface area contributed by atoms with Crippen molar-refractivity contribution < 1.29 is 19.1 Å². The first-order chi connectivity index (χ1) is 13.9. The van der Waals surface area contributed by atoms with Gasteiger partial charge in [0.2, 0.25) is 5.91 Å². The largest absolute Gasteiger partial charge is 0.393 e. The molecular weight excluding hydrogens is 373 g/mol. The number of amides is 2. The summed E-state index contributed by atoms with van der Waals surface area (Å²) in [5, 5.41) is 13.4. The molecule has 3 unspecified atom stereocenters. The zero-order chi connectivity index (χ0) is 20.6. The van der Waals surface area contributed by atoms with E-state index in [9.17, 15) is 19.1 Å². The summed E-state index contributed by atoms with van der Waals surface area (Å²) in [7, 11) is 0. The number of aliphatic hydroxyl groups excluding tert-OH is 1. The quantitative estimate of drug-likeness (QED) is 0.834. The molecule has 2 heterocycles. The normalized spacial score (nSPS) is 26.7. The van der Waals surface area contributed by atoms with Crippen LogP contribution in [0, 0.1) is 18.2 Å². The molecule has 7 heteroatoms. The number of rotatable bonds is 3. The molecule has 1 aromatic heterocycles. The molecule has 1 saturated heterocycles. The Labute approximate surface area is 168 Å². The summed E-state index contributed by atoms with van der Waals surface area (Å²) < 4.78 is 13.6. The van der Waals surface area contributed by atoms with Gasteiger partial charge in [-0.3, -0.25) is 9.59 Å². The highest BCUT2D eigenvalue weighted by atomic mass is 19.1. The van der Waals surface area contributed by atoms with Gasteiger partial charge in [0.1, 0.15) is 11.5 Å². The topological polar surface area (TPSA) is 82.5 Å². The van der Waals surface area contributed by atoms with Crippen molar-refractivity contribution in [2.24, 2.45) is 5.41 Å². The highest BCUT2D eigenvalue weighted by molar-refractivity contribution is 6.00. The molecule has 2 amide bonds. The SMILES string of the molecule is Cc1cccc(C(=O)NC2CC(O)CC3(CCN(c4cccc(F)c4)C3=O)C2)n1. The Balaban J connectivity index is 1.51. The van der Waals surface area contributed by atoms with Crippen molar-refractivity contribution in [2.75, 3.05) is 11.4 Å². The van der Waals surface area contributed by atoms with Gasteiger partial charge in [-0.1, -0.05) is 12.1 Å². The summed E-state index contributed by atoms with van der Waals surface area (Å²) in [6.45, 7) is 2.28. The smallest absolute Gasteiger partial charge is 0.270 e. The summed E-state index contributed by atoms with van der Waals surface area (Å²) in [5.74, 6) is -0.819. The van der Waals surface area contributed by atoms with E-state index >= 15 is 0 Å². The minimum Gasteiger partial charge on any atom is -0.393 e. The molecule has 2 aliphatic rings. The van der Waals surface area contributed by atoms with Crippen LogP contribution in [0.25, 0.3) is 0 Å². The van der Waals surface area contributed by atoms with Crippen LogP contribution in [0.1, 0.15) is 41.9 Å². The number of anilines is 1. The Hall–Kier alpha value is -2.80. The lowest BCUT2D eigenvalue weighted by atomic mass is 9.69. The van der Waals surface area contributed by atoms with Gasteiger partial charge in [-0.05, 0) is 62.9 Å². The number of halogens is 1. The van der Waals surface area contributed by atoms with Crippen molar-refractivity contribution >= 4 is 17.5 Å². The van der Waals surface area contributed by atoms with Crippen molar-refractivity contribution in [3.05, 3.63) is 59.7 Å². The number of benzene rings is 1. The minimum absolute atomic E-state index is 0.116. The van der Waals surface area contributed by atoms with Gasteiger partial charge in [0, 0.05) is 24.0 Å². The van der Waals surface area contributed by atoms with E-state index in [2.05, 4.69) is 10.3 Å². The summed E-state index contributed by atoms with van der Waals surface area (Å²) in [6.07, 6.45) is 1.08. The maximum absolute atomic E-state index is 13.6. The van der Waals surface area contributed by atoms with Crippen molar-refractivity contribution in [3.8, 4) is 0 Å². The van der Waals surface area contributed by atoms with Crippen LogP contribution in [-0.2, 0) is 4.79 Å². The molecule has 1 saturated carbocycles. The maximum Gasteiger partial charge on any atom is 0.270 e. The third-order valence-electron chi connectivity index (χ3n) is 5.91. The molecule has 1 aliphatic heterocycles. The molecule has 1 aromatic carbocycles. The van der Waals surface area contributed by atoms with Gasteiger partial charge in [-0.2, -0.15) is 0 Å². The molecule has 29 heavy (non-hydrogen) atoms.